The molecule has 318 valence electrons. The van der Waals surface area contributed by atoms with Crippen molar-refractivity contribution in [3.63, 3.8) is 0 Å². The molecular formula is C46H87NO7. The Kier molecular flexibility index (Phi) is 36.6. The molecule has 0 aromatic carbocycles. The van der Waals surface area contributed by atoms with Gasteiger partial charge in [-0.15, -0.1) is 0 Å². The molecule has 0 radical (unpaired) electrons. The summed E-state index contributed by atoms with van der Waals surface area (Å²) in [5.74, 6) is -1.73. The molecule has 0 rings (SSSR count). The molecule has 8 heteroatoms. The van der Waals surface area contributed by atoms with Gasteiger partial charge in [-0.2, -0.15) is 0 Å². The molecule has 0 aliphatic heterocycles. The van der Waals surface area contributed by atoms with Gasteiger partial charge in [0.1, 0.15) is 12.6 Å². The third kappa shape index (κ3) is 35.8. The van der Waals surface area contributed by atoms with Crippen molar-refractivity contribution in [3.05, 3.63) is 12.2 Å². The molecular weight excluding hydrogens is 679 g/mol. The molecule has 0 bridgehead atoms. The SMILES string of the molecule is CCCCCCCCC/C=C\CCCCCCCC(=O)OC(COCCC(C(=O)[O-])[N+](C)(C)C)COC(=O)CCCCCCCCCCCCCCCC. The average molecular weight is 766 g/mol. The largest absolute Gasteiger partial charge is 0.544 e. The number of ether oxygens (including phenoxy) is 3. The fourth-order valence-electron chi connectivity index (χ4n) is 6.83. The van der Waals surface area contributed by atoms with Crippen LogP contribution in [0.15, 0.2) is 12.2 Å². The maximum absolute atomic E-state index is 12.7. The summed E-state index contributed by atoms with van der Waals surface area (Å²) >= 11 is 0. The van der Waals surface area contributed by atoms with Crippen LogP contribution in [0.1, 0.15) is 213 Å². The van der Waals surface area contributed by atoms with Crippen molar-refractivity contribution in [1.82, 2.24) is 0 Å². The van der Waals surface area contributed by atoms with Crippen molar-refractivity contribution in [2.45, 2.75) is 225 Å². The zero-order chi connectivity index (χ0) is 40.0. The Morgan fingerprint density at radius 3 is 1.33 bits per heavy atom. The van der Waals surface area contributed by atoms with Crippen LogP contribution in [0.4, 0.5) is 0 Å². The van der Waals surface area contributed by atoms with Gasteiger partial charge in [-0.3, -0.25) is 9.59 Å². The Bertz CT molecular complexity index is 900. The van der Waals surface area contributed by atoms with E-state index >= 15 is 0 Å². The molecule has 8 nitrogen and oxygen atoms in total. The first-order valence-electron chi connectivity index (χ1n) is 22.7. The summed E-state index contributed by atoms with van der Waals surface area (Å²) in [7, 11) is 5.41. The van der Waals surface area contributed by atoms with Crippen LogP contribution in [0.25, 0.3) is 0 Å². The van der Waals surface area contributed by atoms with Crippen molar-refractivity contribution in [2.24, 2.45) is 0 Å². The first kappa shape index (κ1) is 52.1. The Balaban J connectivity index is 4.32. The molecule has 0 aromatic rings. The number of quaternary nitrogens is 1. The van der Waals surface area contributed by atoms with Crippen LogP contribution in [0, 0.1) is 0 Å². The Labute approximate surface area is 333 Å². The molecule has 0 saturated heterocycles. The quantitative estimate of drug-likeness (QED) is 0.0264. The molecule has 0 spiro atoms. The second-order valence-corrected chi connectivity index (χ2v) is 16.6. The van der Waals surface area contributed by atoms with Gasteiger partial charge in [0.15, 0.2) is 6.10 Å². The molecule has 0 aliphatic carbocycles. The number of likely N-dealkylation sites (N-methyl/N-ethyl adjacent to an activating group) is 1. The smallest absolute Gasteiger partial charge is 0.306 e. The van der Waals surface area contributed by atoms with Crippen LogP contribution >= 0.6 is 0 Å². The Morgan fingerprint density at radius 2 is 0.926 bits per heavy atom. The number of nitrogens with zero attached hydrogens (tertiary/aromatic N) is 1. The molecule has 0 aliphatic rings. The number of hydrogen-bond acceptors (Lipinski definition) is 7. The van der Waals surface area contributed by atoms with Gasteiger partial charge in [0.05, 0.1) is 40.3 Å². The fraction of sp³-hybridized carbons (Fsp3) is 0.891. The Hall–Kier alpha value is -1.93. The maximum Gasteiger partial charge on any atom is 0.306 e. The number of rotatable bonds is 41. The van der Waals surface area contributed by atoms with Gasteiger partial charge in [0.25, 0.3) is 0 Å². The molecule has 2 atom stereocenters. The summed E-state index contributed by atoms with van der Waals surface area (Å²) < 4.78 is 17.2. The number of hydrogen-bond donors (Lipinski definition) is 0. The standard InChI is InChI=1S/C46H87NO7/c1-6-8-10-12-14-16-18-20-22-23-25-27-29-31-33-35-37-45(49)54-42(40-52-39-38-43(46(50)51)47(3,4)5)41-53-44(48)36-34-32-30-28-26-24-21-19-17-15-13-11-9-7-2/h22-23,42-43H,6-21,24-41H2,1-5H3/b23-22-. The number of unbranched alkanes of at least 4 members (excludes halogenated alkanes) is 25. The van der Waals surface area contributed by atoms with Gasteiger partial charge in [-0.1, -0.05) is 167 Å². The number of carbonyl (C=O) groups is 3. The molecule has 0 amide bonds. The van der Waals surface area contributed by atoms with Crippen molar-refractivity contribution < 1.29 is 38.2 Å². The van der Waals surface area contributed by atoms with E-state index in [0.717, 1.165) is 51.4 Å². The van der Waals surface area contributed by atoms with Gasteiger partial charge in [0, 0.05) is 19.3 Å². The Morgan fingerprint density at radius 1 is 0.537 bits per heavy atom. The molecule has 0 aromatic heterocycles. The van der Waals surface area contributed by atoms with Crippen molar-refractivity contribution in [1.29, 1.82) is 0 Å². The van der Waals surface area contributed by atoms with Gasteiger partial charge in [0.2, 0.25) is 0 Å². The lowest BCUT2D eigenvalue weighted by atomic mass is 10.0. The van der Waals surface area contributed by atoms with Crippen molar-refractivity contribution >= 4 is 17.9 Å². The van der Waals surface area contributed by atoms with E-state index in [1.54, 1.807) is 21.1 Å². The topological polar surface area (TPSA) is 102 Å². The predicted octanol–water partition coefficient (Wildman–Crippen LogP) is 11.0. The number of allylic oxidation sites excluding steroid dienone is 2. The minimum absolute atomic E-state index is 0.0429. The highest BCUT2D eigenvalue weighted by atomic mass is 16.6. The minimum atomic E-state index is -1.12. The van der Waals surface area contributed by atoms with Crippen LogP contribution in [0.2, 0.25) is 0 Å². The number of esters is 2. The van der Waals surface area contributed by atoms with Gasteiger partial charge in [-0.25, -0.2) is 0 Å². The van der Waals surface area contributed by atoms with Gasteiger partial charge in [-0.05, 0) is 38.5 Å². The molecule has 0 N–H and O–H groups in total. The first-order chi connectivity index (χ1) is 26.1. The van der Waals surface area contributed by atoms with Crippen LogP contribution < -0.4 is 5.11 Å². The molecule has 0 heterocycles. The third-order valence-corrected chi connectivity index (χ3v) is 10.4. The van der Waals surface area contributed by atoms with Gasteiger partial charge < -0.3 is 28.6 Å². The van der Waals surface area contributed by atoms with E-state index in [9.17, 15) is 19.5 Å². The monoisotopic (exact) mass is 766 g/mol. The van der Waals surface area contributed by atoms with E-state index in [0.29, 0.717) is 12.8 Å². The molecule has 0 saturated carbocycles. The van der Waals surface area contributed by atoms with Crippen LogP contribution in [0.3, 0.4) is 0 Å². The van der Waals surface area contributed by atoms with E-state index in [-0.39, 0.29) is 42.7 Å². The van der Waals surface area contributed by atoms with Crippen LogP contribution in [-0.4, -0.2) is 75.5 Å². The van der Waals surface area contributed by atoms with Crippen LogP contribution in [0.5, 0.6) is 0 Å². The summed E-state index contributed by atoms with van der Waals surface area (Å²) in [5.41, 5.74) is 0. The maximum atomic E-state index is 12.7. The fourth-order valence-corrected chi connectivity index (χ4v) is 6.83. The lowest BCUT2D eigenvalue weighted by molar-refractivity contribution is -0.889. The zero-order valence-electron chi connectivity index (χ0n) is 36.2. The van der Waals surface area contributed by atoms with Crippen molar-refractivity contribution in [3.8, 4) is 0 Å². The van der Waals surface area contributed by atoms with E-state index in [4.69, 9.17) is 14.2 Å². The highest BCUT2D eigenvalue weighted by molar-refractivity contribution is 5.70. The number of carboxylic acid groups (broad SMARTS) is 1. The molecule has 54 heavy (non-hydrogen) atoms. The number of carbonyl (C=O) groups excluding carboxylic acids is 3. The van der Waals surface area contributed by atoms with Crippen molar-refractivity contribution in [2.75, 3.05) is 41.0 Å². The predicted molar refractivity (Wildman–Crippen MR) is 222 cm³/mol. The van der Waals surface area contributed by atoms with E-state index in [1.165, 1.54) is 128 Å². The minimum Gasteiger partial charge on any atom is -0.544 e. The van der Waals surface area contributed by atoms with Crippen LogP contribution in [-0.2, 0) is 28.6 Å². The second kappa shape index (κ2) is 38.0. The number of carboxylic acids is 1. The first-order valence-corrected chi connectivity index (χ1v) is 22.7. The second-order valence-electron chi connectivity index (χ2n) is 16.6. The van der Waals surface area contributed by atoms with E-state index in [1.807, 2.05) is 0 Å². The highest BCUT2D eigenvalue weighted by Gasteiger charge is 2.25. The molecule has 2 unspecified atom stereocenters. The molecule has 0 fully saturated rings. The van der Waals surface area contributed by atoms with E-state index < -0.39 is 18.1 Å². The summed E-state index contributed by atoms with van der Waals surface area (Å²) in [6.45, 7) is 4.67. The normalized spacial score (nSPS) is 13.0. The lowest BCUT2D eigenvalue weighted by Crippen LogP contribution is -2.55. The third-order valence-electron chi connectivity index (χ3n) is 10.4. The highest BCUT2D eigenvalue weighted by Crippen LogP contribution is 2.15. The zero-order valence-corrected chi connectivity index (χ0v) is 36.2. The van der Waals surface area contributed by atoms with E-state index in [2.05, 4.69) is 26.0 Å². The summed E-state index contributed by atoms with van der Waals surface area (Å²) in [6.07, 6.45) is 39.4. The average Bonchev–Trinajstić information content (AvgIpc) is 3.12. The van der Waals surface area contributed by atoms with Gasteiger partial charge >= 0.3 is 11.9 Å². The number of aliphatic carboxylic acids is 1. The summed E-state index contributed by atoms with van der Waals surface area (Å²) in [6, 6.07) is -0.722. The summed E-state index contributed by atoms with van der Waals surface area (Å²) in [4.78, 5) is 36.8. The summed E-state index contributed by atoms with van der Waals surface area (Å²) in [5, 5.41) is 11.6. The lowest BCUT2D eigenvalue weighted by Gasteiger charge is -2.34.